The van der Waals surface area contributed by atoms with Gasteiger partial charge in [-0.1, -0.05) is 30.3 Å². The summed E-state index contributed by atoms with van der Waals surface area (Å²) in [5, 5.41) is 14.2. The van der Waals surface area contributed by atoms with Crippen LogP contribution in [0.2, 0.25) is 0 Å². The minimum atomic E-state index is -0.198. The molecule has 0 bridgehead atoms. The number of carbonyl (C=O) groups is 3. The maximum atomic E-state index is 14.0. The number of aromatic nitrogens is 2. The highest BCUT2D eigenvalue weighted by Crippen LogP contribution is 2.46. The minimum absolute atomic E-state index is 0.0605. The molecule has 45 heavy (non-hydrogen) atoms. The summed E-state index contributed by atoms with van der Waals surface area (Å²) in [5.41, 5.74) is 7.00. The number of aromatic hydroxyl groups is 1. The van der Waals surface area contributed by atoms with Gasteiger partial charge in [0.1, 0.15) is 22.9 Å². The van der Waals surface area contributed by atoms with Crippen molar-refractivity contribution in [1.82, 2.24) is 9.97 Å². The van der Waals surface area contributed by atoms with Gasteiger partial charge in [0, 0.05) is 70.3 Å². The van der Waals surface area contributed by atoms with Crippen LogP contribution in [0.4, 0.5) is 11.4 Å². The summed E-state index contributed by atoms with van der Waals surface area (Å²) in [4.78, 5) is 49.3. The lowest BCUT2D eigenvalue weighted by Gasteiger charge is -2.17. The van der Waals surface area contributed by atoms with E-state index in [2.05, 4.69) is 9.97 Å². The number of halogens is 1. The first-order valence-corrected chi connectivity index (χ1v) is 15.5. The number of nitrogens with zero attached hydrogens (tertiary/aromatic N) is 2. The summed E-state index contributed by atoms with van der Waals surface area (Å²) in [6, 6.07) is 22.6. The van der Waals surface area contributed by atoms with E-state index >= 15 is 0 Å². The van der Waals surface area contributed by atoms with E-state index in [9.17, 15) is 19.5 Å². The summed E-state index contributed by atoms with van der Waals surface area (Å²) in [5.74, 6) is 0.186. The number of anilines is 2. The van der Waals surface area contributed by atoms with Crippen molar-refractivity contribution in [1.29, 1.82) is 0 Å². The highest BCUT2D eigenvalue weighted by molar-refractivity contribution is 6.19. The number of fused-ring (bicyclic) bond motifs is 7. The number of carbonyl (C=O) groups excluding carboxylic acids is 3. The number of rotatable bonds is 5. The second kappa shape index (κ2) is 10.2. The van der Waals surface area contributed by atoms with Crippen LogP contribution in [-0.4, -0.2) is 51.6 Å². The van der Waals surface area contributed by atoms with E-state index in [0.717, 1.165) is 55.0 Å². The first-order chi connectivity index (χ1) is 21.8. The van der Waals surface area contributed by atoms with Gasteiger partial charge in [-0.25, -0.2) is 0 Å². The number of hydrogen-bond donors (Lipinski definition) is 3. The van der Waals surface area contributed by atoms with Crippen molar-refractivity contribution in [2.75, 3.05) is 28.8 Å². The third-order valence-electron chi connectivity index (χ3n) is 9.19. The maximum absolute atomic E-state index is 14.0. The first kappa shape index (κ1) is 27.5. The molecule has 9 heteroatoms. The number of alkyl halides is 1. The van der Waals surface area contributed by atoms with Gasteiger partial charge in [-0.3, -0.25) is 14.4 Å². The second-order valence-electron chi connectivity index (χ2n) is 12.0. The third kappa shape index (κ3) is 4.31. The number of benzene rings is 4. The van der Waals surface area contributed by atoms with E-state index in [-0.39, 0.29) is 29.3 Å². The predicted molar refractivity (Wildman–Crippen MR) is 177 cm³/mol. The van der Waals surface area contributed by atoms with Gasteiger partial charge >= 0.3 is 0 Å². The molecule has 6 aromatic rings. The summed E-state index contributed by atoms with van der Waals surface area (Å²) in [6.07, 6.45) is 1.02. The van der Waals surface area contributed by atoms with E-state index in [1.54, 1.807) is 22.8 Å². The molecule has 0 aliphatic carbocycles. The van der Waals surface area contributed by atoms with E-state index in [4.69, 9.17) is 11.6 Å². The normalized spacial score (nSPS) is 15.7. The molecule has 0 saturated carbocycles. The molecule has 0 spiro atoms. The standard InChI is InChI=1S/C36H29ClN4O4/c1-19(42)12-20-6-7-27-21(13-20)14-29(38-27)35(44)40-11-10-23-26-15-30(39-28(26)8-9-31(23)40)36(45)41-18-22(17-37)34-25-5-3-2-4-24(25)33(43)16-32(34)41/h2-9,13-16,22,38-39,43H,10-12,17-18H2,1H3. The lowest BCUT2D eigenvalue weighted by Crippen LogP contribution is -2.30. The lowest BCUT2D eigenvalue weighted by atomic mass is 9.95. The van der Waals surface area contributed by atoms with Gasteiger partial charge in [-0.05, 0) is 71.8 Å². The Balaban J connectivity index is 1.11. The molecule has 3 N–H and O–H groups in total. The van der Waals surface area contributed by atoms with Crippen molar-refractivity contribution in [2.24, 2.45) is 0 Å². The smallest absolute Gasteiger partial charge is 0.274 e. The summed E-state index contributed by atoms with van der Waals surface area (Å²) in [7, 11) is 0. The van der Waals surface area contributed by atoms with Crippen molar-refractivity contribution in [2.45, 2.75) is 25.7 Å². The molecule has 1 unspecified atom stereocenters. The molecule has 0 radical (unpaired) electrons. The lowest BCUT2D eigenvalue weighted by molar-refractivity contribution is -0.116. The Hall–Kier alpha value is -5.08. The molecular formula is C36H29ClN4O4. The molecule has 8 nitrogen and oxygen atoms in total. The first-order valence-electron chi connectivity index (χ1n) is 15.0. The molecule has 2 amide bonds. The molecular weight excluding hydrogens is 588 g/mol. The highest BCUT2D eigenvalue weighted by Gasteiger charge is 2.36. The number of aromatic amines is 2. The predicted octanol–water partition coefficient (Wildman–Crippen LogP) is 6.83. The van der Waals surface area contributed by atoms with Crippen LogP contribution in [0.15, 0.2) is 72.8 Å². The Kier molecular flexibility index (Phi) is 6.25. The van der Waals surface area contributed by atoms with Crippen molar-refractivity contribution in [3.8, 4) is 5.75 Å². The molecule has 2 aromatic heterocycles. The Morgan fingerprint density at radius 1 is 0.844 bits per heavy atom. The number of phenols is 1. The Morgan fingerprint density at radius 2 is 1.58 bits per heavy atom. The zero-order valence-corrected chi connectivity index (χ0v) is 25.2. The summed E-state index contributed by atoms with van der Waals surface area (Å²) < 4.78 is 0. The summed E-state index contributed by atoms with van der Waals surface area (Å²) >= 11 is 6.40. The summed E-state index contributed by atoms with van der Waals surface area (Å²) in [6.45, 7) is 2.51. The van der Waals surface area contributed by atoms with Gasteiger partial charge in [0.05, 0.1) is 5.69 Å². The largest absolute Gasteiger partial charge is 0.507 e. The van der Waals surface area contributed by atoms with Crippen LogP contribution in [0.25, 0.3) is 32.6 Å². The Labute approximate surface area is 263 Å². The molecule has 2 aliphatic rings. The number of hydrogen-bond acceptors (Lipinski definition) is 4. The average molecular weight is 617 g/mol. The van der Waals surface area contributed by atoms with Crippen LogP contribution in [0.3, 0.4) is 0 Å². The number of amides is 2. The van der Waals surface area contributed by atoms with Crippen LogP contribution >= 0.6 is 11.6 Å². The van der Waals surface area contributed by atoms with Crippen molar-refractivity contribution < 1.29 is 19.5 Å². The topological polar surface area (TPSA) is 110 Å². The third-order valence-corrected chi connectivity index (χ3v) is 9.56. The number of ketones is 1. The monoisotopic (exact) mass is 616 g/mol. The van der Waals surface area contributed by atoms with Gasteiger partial charge < -0.3 is 24.9 Å². The number of Topliss-reactive ketones (excluding diaryl/α,β-unsaturated/α-hetero) is 1. The number of H-pyrrole nitrogens is 2. The molecule has 8 rings (SSSR count). The van der Waals surface area contributed by atoms with Crippen molar-refractivity contribution in [3.63, 3.8) is 0 Å². The quantitative estimate of drug-likeness (QED) is 0.185. The van der Waals surface area contributed by atoms with Gasteiger partial charge in [-0.2, -0.15) is 0 Å². The second-order valence-corrected chi connectivity index (χ2v) is 12.3. The van der Waals surface area contributed by atoms with Gasteiger partial charge in [0.25, 0.3) is 11.8 Å². The van der Waals surface area contributed by atoms with Gasteiger partial charge in [0.15, 0.2) is 0 Å². The van der Waals surface area contributed by atoms with E-state index in [0.29, 0.717) is 48.9 Å². The molecule has 224 valence electrons. The zero-order chi connectivity index (χ0) is 31.0. The zero-order valence-electron chi connectivity index (χ0n) is 24.5. The number of phenolic OH excluding ortho intramolecular Hbond substituents is 1. The highest BCUT2D eigenvalue weighted by atomic mass is 35.5. The Morgan fingerprint density at radius 3 is 2.38 bits per heavy atom. The van der Waals surface area contributed by atoms with Gasteiger partial charge in [-0.15, -0.1) is 11.6 Å². The van der Waals surface area contributed by atoms with Gasteiger partial charge in [0.2, 0.25) is 0 Å². The Bertz CT molecular complexity index is 2230. The fourth-order valence-electron chi connectivity index (χ4n) is 7.17. The van der Waals surface area contributed by atoms with Crippen LogP contribution in [-0.2, 0) is 17.6 Å². The van der Waals surface area contributed by atoms with E-state index < -0.39 is 0 Å². The fourth-order valence-corrected chi connectivity index (χ4v) is 7.42. The van der Waals surface area contributed by atoms with E-state index in [1.807, 2.05) is 66.7 Å². The molecule has 4 heterocycles. The van der Waals surface area contributed by atoms with Crippen LogP contribution in [0.1, 0.15) is 50.5 Å². The molecule has 0 saturated heterocycles. The van der Waals surface area contributed by atoms with Crippen LogP contribution in [0.5, 0.6) is 5.75 Å². The van der Waals surface area contributed by atoms with Crippen molar-refractivity contribution in [3.05, 3.63) is 101 Å². The SMILES string of the molecule is CC(=O)Cc1ccc2[nH]c(C(=O)N3CCc4c3ccc3[nH]c(C(=O)N5CC(CCl)c6c5cc(O)c5ccccc65)cc43)cc2c1. The van der Waals surface area contributed by atoms with Crippen LogP contribution in [0, 0.1) is 0 Å². The van der Waals surface area contributed by atoms with E-state index in [1.165, 1.54) is 0 Å². The molecule has 0 fully saturated rings. The van der Waals surface area contributed by atoms with Crippen LogP contribution < -0.4 is 9.80 Å². The van der Waals surface area contributed by atoms with Crippen molar-refractivity contribution >= 4 is 73.2 Å². The maximum Gasteiger partial charge on any atom is 0.274 e. The minimum Gasteiger partial charge on any atom is -0.507 e. The average Bonchev–Trinajstić information content (AvgIpc) is 3.82. The molecule has 2 aliphatic heterocycles. The molecule has 4 aromatic carbocycles. The molecule has 1 atom stereocenters. The fraction of sp³-hybridized carbons (Fsp3) is 0.194. The number of nitrogens with one attached hydrogen (secondary N) is 2.